The van der Waals surface area contributed by atoms with E-state index in [4.69, 9.17) is 0 Å². The number of aryl methyl sites for hydroxylation is 1. The highest BCUT2D eigenvalue weighted by Crippen LogP contribution is 2.44. The van der Waals surface area contributed by atoms with Crippen molar-refractivity contribution in [3.8, 4) is 0 Å². The maximum atomic E-state index is 13.1. The van der Waals surface area contributed by atoms with E-state index in [9.17, 15) is 36.3 Å². The van der Waals surface area contributed by atoms with Gasteiger partial charge < -0.3 is 5.11 Å². The molecule has 0 spiro atoms. The molecule has 1 saturated carbocycles. The Hall–Kier alpha value is -2.56. The van der Waals surface area contributed by atoms with Gasteiger partial charge in [0.1, 0.15) is 11.5 Å². The molecule has 2 rings (SSSR count). The normalized spacial score (nSPS) is 22.4. The van der Waals surface area contributed by atoms with E-state index in [2.05, 4.69) is 9.38 Å². The van der Waals surface area contributed by atoms with Gasteiger partial charge in [0.25, 0.3) is 10.0 Å². The number of aromatic nitrogens is 1. The Morgan fingerprint density at radius 2 is 1.63 bits per heavy atom. The zero-order valence-electron chi connectivity index (χ0n) is 17.2. The van der Waals surface area contributed by atoms with Crippen LogP contribution in [0.2, 0.25) is 0 Å². The van der Waals surface area contributed by atoms with Crippen molar-refractivity contribution in [1.82, 2.24) is 4.98 Å². The summed E-state index contributed by atoms with van der Waals surface area (Å²) in [7, 11) is -4.09. The summed E-state index contributed by atoms with van der Waals surface area (Å²) in [6.45, 7) is 6.56. The van der Waals surface area contributed by atoms with Crippen molar-refractivity contribution in [2.45, 2.75) is 40.8 Å². The standard InChI is InChI=1S/C19H21F3N2O5S/c1-9-10(7-8-11(23-9)19(20,21)22)13(25)12-14(24-30(6,28)29)17(2,3)16(27)18(4,5)15(12)26/h7-8,25H,1-6H3/b13-12-,24-14-. The van der Waals surface area contributed by atoms with Gasteiger partial charge in [0.2, 0.25) is 0 Å². The van der Waals surface area contributed by atoms with Crippen molar-refractivity contribution in [2.75, 3.05) is 6.26 Å². The van der Waals surface area contributed by atoms with Gasteiger partial charge in [-0.2, -0.15) is 17.6 Å². The summed E-state index contributed by atoms with van der Waals surface area (Å²) in [5, 5.41) is 10.9. The molecule has 0 aromatic carbocycles. The minimum Gasteiger partial charge on any atom is -0.506 e. The molecule has 1 heterocycles. The van der Waals surface area contributed by atoms with E-state index in [1.54, 1.807) is 0 Å². The summed E-state index contributed by atoms with van der Waals surface area (Å²) in [5.74, 6) is -2.30. The van der Waals surface area contributed by atoms with Gasteiger partial charge in [-0.15, -0.1) is 0 Å². The van der Waals surface area contributed by atoms with Gasteiger partial charge in [-0.05, 0) is 46.8 Å². The van der Waals surface area contributed by atoms with E-state index in [1.807, 2.05) is 0 Å². The summed E-state index contributed by atoms with van der Waals surface area (Å²) < 4.78 is 65.9. The first-order valence-electron chi connectivity index (χ1n) is 8.70. The molecule has 1 aliphatic carbocycles. The Kier molecular flexibility index (Phi) is 5.53. The van der Waals surface area contributed by atoms with Gasteiger partial charge in [0.15, 0.2) is 11.6 Å². The Morgan fingerprint density at radius 3 is 2.07 bits per heavy atom. The fraction of sp³-hybridized carbons (Fsp3) is 0.474. The molecule has 0 amide bonds. The number of rotatable bonds is 2. The van der Waals surface area contributed by atoms with Crippen LogP contribution in [0.25, 0.3) is 5.76 Å². The number of hydrogen-bond acceptors (Lipinski definition) is 6. The second kappa shape index (κ2) is 7.00. The lowest BCUT2D eigenvalue weighted by Gasteiger charge is -2.40. The molecule has 11 heteroatoms. The lowest BCUT2D eigenvalue weighted by atomic mass is 9.60. The number of hydrogen-bond donors (Lipinski definition) is 1. The first kappa shape index (κ1) is 23.7. The first-order chi connectivity index (χ1) is 13.3. The third-order valence-corrected chi connectivity index (χ3v) is 5.40. The average Bonchev–Trinajstić information content (AvgIpc) is 2.57. The van der Waals surface area contributed by atoms with Gasteiger partial charge >= 0.3 is 6.18 Å². The highest BCUT2D eigenvalue weighted by molar-refractivity contribution is 7.89. The molecule has 7 nitrogen and oxygen atoms in total. The first-order valence-corrected chi connectivity index (χ1v) is 10.6. The van der Waals surface area contributed by atoms with E-state index < -0.39 is 61.3 Å². The number of aliphatic hydroxyl groups is 1. The largest absolute Gasteiger partial charge is 0.506 e. The van der Waals surface area contributed by atoms with Crippen LogP contribution in [0.4, 0.5) is 13.2 Å². The van der Waals surface area contributed by atoms with Crippen LogP contribution in [0.15, 0.2) is 22.1 Å². The SMILES string of the molecule is Cc1nc(C(F)(F)F)ccc1/C(O)=C1/C(=O)C(C)(C)C(=O)C(C)(C)/C1=N\S(C)(=O)=O. The number of ketones is 2. The Morgan fingerprint density at radius 1 is 1.10 bits per heavy atom. The zero-order chi connectivity index (χ0) is 23.4. The van der Waals surface area contributed by atoms with Gasteiger partial charge in [-0.3, -0.25) is 9.59 Å². The van der Waals surface area contributed by atoms with Crippen molar-refractivity contribution in [3.63, 3.8) is 0 Å². The summed E-state index contributed by atoms with van der Waals surface area (Å²) in [6, 6.07) is 1.55. The fourth-order valence-corrected chi connectivity index (χ4v) is 4.02. The minimum atomic E-state index is -4.72. The molecule has 1 fully saturated rings. The van der Waals surface area contributed by atoms with Gasteiger partial charge in [-0.25, -0.2) is 13.4 Å². The Labute approximate surface area is 171 Å². The molecule has 0 atom stereocenters. The average molecular weight is 446 g/mol. The smallest absolute Gasteiger partial charge is 0.433 e. The lowest BCUT2D eigenvalue weighted by molar-refractivity contribution is -0.142. The fourth-order valence-electron chi connectivity index (χ4n) is 3.37. The monoisotopic (exact) mass is 446 g/mol. The lowest BCUT2D eigenvalue weighted by Crippen LogP contribution is -2.54. The number of halogens is 3. The summed E-state index contributed by atoms with van der Waals surface area (Å²) in [6.07, 6.45) is -3.96. The van der Waals surface area contributed by atoms with E-state index in [-0.39, 0.29) is 11.3 Å². The van der Waals surface area contributed by atoms with Crippen molar-refractivity contribution in [3.05, 3.63) is 34.7 Å². The molecule has 0 unspecified atom stereocenters. The number of allylic oxidation sites excluding steroid dienone is 1. The van der Waals surface area contributed by atoms with Gasteiger partial charge in [-0.1, -0.05) is 0 Å². The van der Waals surface area contributed by atoms with Crippen LogP contribution in [-0.4, -0.2) is 42.0 Å². The summed E-state index contributed by atoms with van der Waals surface area (Å²) in [4.78, 5) is 29.4. The van der Waals surface area contributed by atoms with Crippen LogP contribution in [-0.2, 0) is 25.8 Å². The second-order valence-electron chi connectivity index (χ2n) is 8.13. The number of alkyl halides is 3. The summed E-state index contributed by atoms with van der Waals surface area (Å²) in [5.41, 5.74) is -5.87. The van der Waals surface area contributed by atoms with Crippen LogP contribution in [0.5, 0.6) is 0 Å². The predicted molar refractivity (Wildman–Crippen MR) is 103 cm³/mol. The molecule has 1 aromatic heterocycles. The number of carbonyl (C=O) groups excluding carboxylic acids is 2. The number of aliphatic hydroxyl groups excluding tert-OH is 1. The number of Topliss-reactive ketones (excluding diaryl/α,β-unsaturated/α-hetero) is 2. The molecule has 1 aliphatic rings. The predicted octanol–water partition coefficient (Wildman–Crippen LogP) is 3.28. The molecule has 0 saturated heterocycles. The molecule has 0 aliphatic heterocycles. The van der Waals surface area contributed by atoms with Crippen molar-refractivity contribution < 1.29 is 36.3 Å². The quantitative estimate of drug-likeness (QED) is 0.424. The molecule has 164 valence electrons. The number of pyridine rings is 1. The molecule has 1 N–H and O–H groups in total. The van der Waals surface area contributed by atoms with E-state index in [0.717, 1.165) is 12.3 Å². The van der Waals surface area contributed by atoms with Gasteiger partial charge in [0, 0.05) is 11.3 Å². The van der Waals surface area contributed by atoms with Crippen molar-refractivity contribution >= 4 is 33.1 Å². The number of sulfonamides is 1. The van der Waals surface area contributed by atoms with E-state index >= 15 is 0 Å². The zero-order valence-corrected chi connectivity index (χ0v) is 18.0. The maximum absolute atomic E-state index is 13.1. The maximum Gasteiger partial charge on any atom is 0.433 e. The number of carbonyl (C=O) groups is 2. The van der Waals surface area contributed by atoms with Crippen molar-refractivity contribution in [1.29, 1.82) is 0 Å². The molecule has 1 aromatic rings. The topological polar surface area (TPSA) is 114 Å². The van der Waals surface area contributed by atoms with E-state index in [0.29, 0.717) is 6.07 Å². The minimum absolute atomic E-state index is 0.214. The summed E-state index contributed by atoms with van der Waals surface area (Å²) >= 11 is 0. The molecule has 0 radical (unpaired) electrons. The van der Waals surface area contributed by atoms with E-state index in [1.165, 1.54) is 34.6 Å². The molecular weight excluding hydrogens is 425 g/mol. The molecule has 30 heavy (non-hydrogen) atoms. The van der Waals surface area contributed by atoms with Crippen LogP contribution in [0, 0.1) is 17.8 Å². The third-order valence-electron chi connectivity index (χ3n) is 4.88. The highest BCUT2D eigenvalue weighted by atomic mass is 32.2. The molecular formula is C19H21F3N2O5S. The van der Waals surface area contributed by atoms with Gasteiger partial charge in [0.05, 0.1) is 28.4 Å². The van der Waals surface area contributed by atoms with Crippen LogP contribution in [0.3, 0.4) is 0 Å². The van der Waals surface area contributed by atoms with Crippen molar-refractivity contribution in [2.24, 2.45) is 15.2 Å². The Balaban J connectivity index is 2.91. The number of nitrogens with zero attached hydrogens (tertiary/aromatic N) is 2. The van der Waals surface area contributed by atoms with Crippen LogP contribution < -0.4 is 0 Å². The van der Waals surface area contributed by atoms with Crippen LogP contribution in [0.1, 0.15) is 44.6 Å². The third kappa shape index (κ3) is 4.03. The molecule has 0 bridgehead atoms. The highest BCUT2D eigenvalue weighted by Gasteiger charge is 2.56. The van der Waals surface area contributed by atoms with Crippen LogP contribution >= 0.6 is 0 Å². The second-order valence-corrected chi connectivity index (χ2v) is 9.78. The Bertz CT molecular complexity index is 1110.